The van der Waals surface area contributed by atoms with Gasteiger partial charge in [0.05, 0.1) is 11.0 Å². The minimum Gasteiger partial charge on any atom is -0.329 e. The molecule has 1 aromatic rings. The number of amides is 1. The van der Waals surface area contributed by atoms with E-state index in [1.54, 1.807) is 6.92 Å². The topological polar surface area (TPSA) is 55.1 Å². The van der Waals surface area contributed by atoms with Gasteiger partial charge in [-0.05, 0) is 37.5 Å². The Morgan fingerprint density at radius 1 is 1.40 bits per heavy atom. The zero-order valence-corrected chi connectivity index (χ0v) is 11.2. The molecule has 6 heteroatoms. The quantitative estimate of drug-likeness (QED) is 0.897. The van der Waals surface area contributed by atoms with Crippen molar-refractivity contribution in [2.45, 2.75) is 32.4 Å². The van der Waals surface area contributed by atoms with Gasteiger partial charge in [0.15, 0.2) is 0 Å². The second-order valence-corrected chi connectivity index (χ2v) is 5.32. The first kappa shape index (κ1) is 14.8. The molecular weight excluding hydrogens is 269 g/mol. The summed E-state index contributed by atoms with van der Waals surface area (Å²) in [6, 6.07) is 3.33. The Balaban J connectivity index is 2.23. The van der Waals surface area contributed by atoms with Gasteiger partial charge < -0.3 is 11.1 Å². The number of aryl methyl sites for hydroxylation is 1. The summed E-state index contributed by atoms with van der Waals surface area (Å²) in [4.78, 5) is 12.2. The van der Waals surface area contributed by atoms with E-state index < -0.39 is 17.2 Å². The molecular formula is C14H17F3N2O. The maximum absolute atomic E-state index is 12.7. The Bertz CT molecular complexity index is 516. The number of anilines is 1. The highest BCUT2D eigenvalue weighted by atomic mass is 19.4. The smallest absolute Gasteiger partial charge is 0.329 e. The Hall–Kier alpha value is -1.56. The molecule has 0 saturated heterocycles. The largest absolute Gasteiger partial charge is 0.416 e. The van der Waals surface area contributed by atoms with Gasteiger partial charge in [0, 0.05) is 12.2 Å². The van der Waals surface area contributed by atoms with Crippen molar-refractivity contribution in [1.29, 1.82) is 0 Å². The van der Waals surface area contributed by atoms with E-state index in [0.717, 1.165) is 18.6 Å². The average molecular weight is 286 g/mol. The van der Waals surface area contributed by atoms with E-state index in [2.05, 4.69) is 5.32 Å². The minimum absolute atomic E-state index is 0.199. The highest BCUT2D eigenvalue weighted by Crippen LogP contribution is 2.41. The highest BCUT2D eigenvalue weighted by Gasteiger charge is 2.43. The van der Waals surface area contributed by atoms with Crippen molar-refractivity contribution >= 4 is 11.6 Å². The van der Waals surface area contributed by atoms with Crippen LogP contribution in [0.3, 0.4) is 0 Å². The van der Waals surface area contributed by atoms with Crippen molar-refractivity contribution in [2.75, 3.05) is 11.9 Å². The van der Waals surface area contributed by atoms with Crippen molar-refractivity contribution < 1.29 is 18.0 Å². The number of alkyl halides is 3. The number of carbonyl (C=O) groups excluding carboxylic acids is 1. The summed E-state index contributed by atoms with van der Waals surface area (Å²) in [7, 11) is 0. The van der Waals surface area contributed by atoms with E-state index in [4.69, 9.17) is 5.73 Å². The predicted molar refractivity (Wildman–Crippen MR) is 70.1 cm³/mol. The van der Waals surface area contributed by atoms with Gasteiger partial charge in [0.2, 0.25) is 5.91 Å². The van der Waals surface area contributed by atoms with Crippen LogP contribution in [-0.2, 0) is 11.0 Å². The monoisotopic (exact) mass is 286 g/mol. The van der Waals surface area contributed by atoms with E-state index in [0.29, 0.717) is 18.4 Å². The van der Waals surface area contributed by atoms with Crippen LogP contribution in [0.4, 0.5) is 18.9 Å². The lowest BCUT2D eigenvalue weighted by Gasteiger charge is -2.39. The molecule has 3 N–H and O–H groups in total. The van der Waals surface area contributed by atoms with E-state index in [1.807, 2.05) is 0 Å². The molecule has 1 aliphatic rings. The fourth-order valence-corrected chi connectivity index (χ4v) is 2.32. The van der Waals surface area contributed by atoms with Crippen molar-refractivity contribution in [3.63, 3.8) is 0 Å². The maximum atomic E-state index is 12.7. The number of carbonyl (C=O) groups is 1. The van der Waals surface area contributed by atoms with Gasteiger partial charge in [-0.15, -0.1) is 0 Å². The Labute approximate surface area is 115 Å². The maximum Gasteiger partial charge on any atom is 0.416 e. The Kier molecular flexibility index (Phi) is 3.77. The van der Waals surface area contributed by atoms with Gasteiger partial charge in [0.1, 0.15) is 0 Å². The normalized spacial score (nSPS) is 17.4. The number of hydrogen-bond donors (Lipinski definition) is 2. The second-order valence-electron chi connectivity index (χ2n) is 5.32. The zero-order valence-electron chi connectivity index (χ0n) is 11.2. The van der Waals surface area contributed by atoms with E-state index in [1.165, 1.54) is 6.07 Å². The van der Waals surface area contributed by atoms with Crippen molar-refractivity contribution in [1.82, 2.24) is 0 Å². The van der Waals surface area contributed by atoms with Crippen LogP contribution in [0.2, 0.25) is 0 Å². The number of halogens is 3. The summed E-state index contributed by atoms with van der Waals surface area (Å²) >= 11 is 0. The van der Waals surface area contributed by atoms with Crippen LogP contribution < -0.4 is 11.1 Å². The van der Waals surface area contributed by atoms with Crippen LogP contribution in [0.1, 0.15) is 30.4 Å². The van der Waals surface area contributed by atoms with E-state index in [-0.39, 0.29) is 18.1 Å². The highest BCUT2D eigenvalue weighted by molar-refractivity contribution is 5.96. The van der Waals surface area contributed by atoms with Crippen molar-refractivity contribution in [3.05, 3.63) is 29.3 Å². The second kappa shape index (κ2) is 5.09. The Morgan fingerprint density at radius 3 is 2.50 bits per heavy atom. The first-order valence-corrected chi connectivity index (χ1v) is 6.48. The molecule has 2 rings (SSSR count). The summed E-state index contributed by atoms with van der Waals surface area (Å²) in [6.45, 7) is 1.88. The first-order chi connectivity index (χ1) is 9.28. The zero-order chi connectivity index (χ0) is 15.0. The standard InChI is InChI=1S/C14H17F3N2O/c1-9-3-4-10(14(15,16)17)7-11(9)19-12(20)13(8-18)5-2-6-13/h3-4,7H,2,5-6,8,18H2,1H3,(H,19,20). The molecule has 0 unspecified atom stereocenters. The Morgan fingerprint density at radius 2 is 2.05 bits per heavy atom. The summed E-state index contributed by atoms with van der Waals surface area (Å²) in [5.41, 5.74) is 5.03. The lowest BCUT2D eigenvalue weighted by Crippen LogP contribution is -2.47. The number of hydrogen-bond acceptors (Lipinski definition) is 2. The van der Waals surface area contributed by atoms with Crippen LogP contribution in [0.25, 0.3) is 0 Å². The molecule has 1 saturated carbocycles. The predicted octanol–water partition coefficient (Wildman–Crippen LogP) is 3.08. The molecule has 0 atom stereocenters. The van der Waals surface area contributed by atoms with Crippen LogP contribution in [0.5, 0.6) is 0 Å². The van der Waals surface area contributed by atoms with Crippen LogP contribution in [0, 0.1) is 12.3 Å². The third kappa shape index (κ3) is 2.65. The minimum atomic E-state index is -4.42. The molecule has 1 fully saturated rings. The van der Waals surface area contributed by atoms with Crippen molar-refractivity contribution in [3.8, 4) is 0 Å². The third-order valence-corrected chi connectivity index (χ3v) is 4.00. The van der Waals surface area contributed by atoms with Gasteiger partial charge in [0.25, 0.3) is 0 Å². The van der Waals surface area contributed by atoms with Crippen molar-refractivity contribution in [2.24, 2.45) is 11.1 Å². The van der Waals surface area contributed by atoms with Crippen LogP contribution >= 0.6 is 0 Å². The van der Waals surface area contributed by atoms with Gasteiger partial charge in [-0.2, -0.15) is 13.2 Å². The molecule has 0 bridgehead atoms. The molecule has 110 valence electrons. The molecule has 1 amide bonds. The first-order valence-electron chi connectivity index (χ1n) is 6.48. The molecule has 3 nitrogen and oxygen atoms in total. The SMILES string of the molecule is Cc1ccc(C(F)(F)F)cc1NC(=O)C1(CN)CCC1. The number of benzene rings is 1. The van der Waals surface area contributed by atoms with Gasteiger partial charge >= 0.3 is 6.18 Å². The average Bonchev–Trinajstić information content (AvgIpc) is 2.29. The van der Waals surface area contributed by atoms with Gasteiger partial charge in [-0.3, -0.25) is 4.79 Å². The molecule has 1 aromatic carbocycles. The number of nitrogens with two attached hydrogens (primary N) is 1. The fourth-order valence-electron chi connectivity index (χ4n) is 2.32. The lowest BCUT2D eigenvalue weighted by atomic mass is 9.68. The van der Waals surface area contributed by atoms with Gasteiger partial charge in [-0.25, -0.2) is 0 Å². The number of rotatable bonds is 3. The summed E-state index contributed by atoms with van der Waals surface area (Å²) in [6.07, 6.45) is -2.12. The van der Waals surface area contributed by atoms with E-state index >= 15 is 0 Å². The molecule has 0 aromatic heterocycles. The van der Waals surface area contributed by atoms with Crippen LogP contribution in [-0.4, -0.2) is 12.5 Å². The van der Waals surface area contributed by atoms with Gasteiger partial charge in [-0.1, -0.05) is 12.5 Å². The molecule has 0 heterocycles. The number of nitrogens with one attached hydrogen (secondary N) is 1. The lowest BCUT2D eigenvalue weighted by molar-refractivity contribution is -0.137. The molecule has 1 aliphatic carbocycles. The fraction of sp³-hybridized carbons (Fsp3) is 0.500. The van der Waals surface area contributed by atoms with E-state index in [9.17, 15) is 18.0 Å². The summed E-state index contributed by atoms with van der Waals surface area (Å²) in [5.74, 6) is -0.284. The molecule has 0 spiro atoms. The third-order valence-electron chi connectivity index (χ3n) is 4.00. The summed E-state index contributed by atoms with van der Waals surface area (Å²) < 4.78 is 38.0. The molecule has 0 radical (unpaired) electrons. The van der Waals surface area contributed by atoms with Crippen LogP contribution in [0.15, 0.2) is 18.2 Å². The molecule has 20 heavy (non-hydrogen) atoms. The molecule has 0 aliphatic heterocycles. The summed E-state index contributed by atoms with van der Waals surface area (Å²) in [5, 5.41) is 2.60.